The molecule has 2 heterocycles. The van der Waals surface area contributed by atoms with Gasteiger partial charge in [-0.15, -0.1) is 0 Å². The van der Waals surface area contributed by atoms with Crippen molar-refractivity contribution in [3.05, 3.63) is 40.4 Å². The highest BCUT2D eigenvalue weighted by Crippen LogP contribution is 2.32. The van der Waals surface area contributed by atoms with Gasteiger partial charge in [0.25, 0.3) is 5.56 Å². The Morgan fingerprint density at radius 2 is 2.09 bits per heavy atom. The Labute approximate surface area is 122 Å². The van der Waals surface area contributed by atoms with Crippen molar-refractivity contribution in [1.29, 1.82) is 0 Å². The molecule has 1 aliphatic rings. The maximum atomic E-state index is 13.1. The molecule has 0 bridgehead atoms. The molecule has 1 aliphatic heterocycles. The molecule has 22 heavy (non-hydrogen) atoms. The van der Waals surface area contributed by atoms with Gasteiger partial charge in [-0.05, 0) is 18.6 Å². The lowest BCUT2D eigenvalue weighted by Gasteiger charge is -2.14. The van der Waals surface area contributed by atoms with Gasteiger partial charge in [0, 0.05) is 19.0 Å². The predicted octanol–water partition coefficient (Wildman–Crippen LogP) is 1.69. The monoisotopic (exact) mass is 311 g/mol. The van der Waals surface area contributed by atoms with Crippen LogP contribution in [0.5, 0.6) is 0 Å². The molecule has 0 spiro atoms. The second kappa shape index (κ2) is 5.11. The third-order valence-corrected chi connectivity index (χ3v) is 3.66. The molecule has 0 radical (unpaired) electrons. The molecule has 2 aromatic rings. The van der Waals surface area contributed by atoms with Crippen LogP contribution in [0.25, 0.3) is 10.9 Å². The number of halogens is 3. The van der Waals surface area contributed by atoms with E-state index in [9.17, 15) is 22.8 Å². The first-order chi connectivity index (χ1) is 10.4. The van der Waals surface area contributed by atoms with Crippen LogP contribution in [0, 0.1) is 0 Å². The molecule has 1 amide bonds. The normalized spacial score (nSPS) is 18.7. The fourth-order valence-electron chi connectivity index (χ4n) is 2.62. The maximum Gasteiger partial charge on any atom is 0.417 e. The van der Waals surface area contributed by atoms with Crippen LogP contribution in [-0.4, -0.2) is 21.5 Å². The second-order valence-electron chi connectivity index (χ2n) is 5.20. The zero-order chi connectivity index (χ0) is 15.9. The summed E-state index contributed by atoms with van der Waals surface area (Å²) in [4.78, 5) is 27.5. The lowest BCUT2D eigenvalue weighted by atomic mass is 10.1. The van der Waals surface area contributed by atoms with Crippen LogP contribution in [0.3, 0.4) is 0 Å². The fraction of sp³-hybridized carbons (Fsp3) is 0.357. The summed E-state index contributed by atoms with van der Waals surface area (Å²) in [5.74, 6) is -0.122. The van der Waals surface area contributed by atoms with Crippen LogP contribution in [0.2, 0.25) is 0 Å². The van der Waals surface area contributed by atoms with Gasteiger partial charge in [0.2, 0.25) is 5.91 Å². The van der Waals surface area contributed by atoms with Gasteiger partial charge in [-0.3, -0.25) is 14.2 Å². The van der Waals surface area contributed by atoms with E-state index < -0.39 is 22.7 Å². The smallest absolute Gasteiger partial charge is 0.352 e. The van der Waals surface area contributed by atoms with Gasteiger partial charge < -0.3 is 5.32 Å². The van der Waals surface area contributed by atoms with Crippen molar-refractivity contribution in [2.45, 2.75) is 31.6 Å². The number of carbonyl (C=O) groups excluding carboxylic acids is 1. The molecular formula is C14H12F3N3O2. The van der Waals surface area contributed by atoms with Gasteiger partial charge in [0.05, 0.1) is 22.8 Å². The molecule has 1 fully saturated rings. The molecule has 0 unspecified atom stereocenters. The lowest BCUT2D eigenvalue weighted by molar-refractivity contribution is -0.136. The summed E-state index contributed by atoms with van der Waals surface area (Å²) in [7, 11) is 0. The van der Waals surface area contributed by atoms with Gasteiger partial charge in [-0.25, -0.2) is 4.98 Å². The summed E-state index contributed by atoms with van der Waals surface area (Å²) in [5, 5.41) is 2.23. The van der Waals surface area contributed by atoms with E-state index in [0.29, 0.717) is 12.8 Å². The lowest BCUT2D eigenvalue weighted by Crippen LogP contribution is -2.34. The Kier molecular flexibility index (Phi) is 3.38. The Bertz CT molecular complexity index is 798. The molecule has 0 aliphatic carbocycles. The Hall–Kier alpha value is -2.38. The first kappa shape index (κ1) is 14.6. The minimum Gasteiger partial charge on any atom is -0.352 e. The van der Waals surface area contributed by atoms with E-state index in [2.05, 4.69) is 10.3 Å². The van der Waals surface area contributed by atoms with E-state index in [1.165, 1.54) is 18.5 Å². The Morgan fingerprint density at radius 1 is 1.32 bits per heavy atom. The second-order valence-corrected chi connectivity index (χ2v) is 5.20. The van der Waals surface area contributed by atoms with Crippen LogP contribution in [0.15, 0.2) is 29.3 Å². The summed E-state index contributed by atoms with van der Waals surface area (Å²) < 4.78 is 40.3. The van der Waals surface area contributed by atoms with E-state index in [4.69, 9.17) is 0 Å². The molecule has 1 N–H and O–H groups in total. The first-order valence-corrected chi connectivity index (χ1v) is 6.71. The number of hydrogen-bond acceptors (Lipinski definition) is 3. The molecule has 1 saturated heterocycles. The highest BCUT2D eigenvalue weighted by molar-refractivity contribution is 5.81. The molecule has 0 saturated carbocycles. The molecule has 1 aromatic heterocycles. The zero-order valence-electron chi connectivity index (χ0n) is 11.4. The number of hydrogen-bond donors (Lipinski definition) is 1. The van der Waals surface area contributed by atoms with E-state index in [1.54, 1.807) is 0 Å². The summed E-state index contributed by atoms with van der Waals surface area (Å²) in [6.07, 6.45) is -2.51. The Morgan fingerprint density at radius 3 is 2.73 bits per heavy atom. The molecule has 116 valence electrons. The molecule has 1 atom stereocenters. The van der Waals surface area contributed by atoms with Crippen LogP contribution >= 0.6 is 0 Å². The largest absolute Gasteiger partial charge is 0.417 e. The van der Waals surface area contributed by atoms with Gasteiger partial charge in [0.15, 0.2) is 0 Å². The number of fused-ring (bicyclic) bond motifs is 1. The first-order valence-electron chi connectivity index (χ1n) is 6.71. The third-order valence-electron chi connectivity index (χ3n) is 3.66. The van der Waals surface area contributed by atoms with Gasteiger partial charge in [-0.1, -0.05) is 6.07 Å². The standard InChI is InChI=1S/C14H12F3N3O2/c15-14(16,17)9-2-1-3-10-12(9)13(22)20(7-18-10)6-8-4-5-11(21)19-8/h1-3,7-8H,4-6H2,(H,19,21)/t8-/m1/s1. The van der Waals surface area contributed by atoms with Crippen molar-refractivity contribution in [3.8, 4) is 0 Å². The maximum absolute atomic E-state index is 13.1. The van der Waals surface area contributed by atoms with Crippen molar-refractivity contribution in [1.82, 2.24) is 14.9 Å². The van der Waals surface area contributed by atoms with Crippen LogP contribution in [-0.2, 0) is 17.5 Å². The number of nitrogens with one attached hydrogen (secondary N) is 1. The summed E-state index contributed by atoms with van der Waals surface area (Å²) in [5.41, 5.74) is -1.74. The minimum atomic E-state index is -4.62. The minimum absolute atomic E-state index is 0.00605. The number of benzene rings is 1. The summed E-state index contributed by atoms with van der Waals surface area (Å²) in [6, 6.07) is 3.20. The van der Waals surface area contributed by atoms with E-state index in [1.807, 2.05) is 0 Å². The van der Waals surface area contributed by atoms with Crippen molar-refractivity contribution < 1.29 is 18.0 Å². The average molecular weight is 311 g/mol. The van der Waals surface area contributed by atoms with Crippen molar-refractivity contribution in [2.24, 2.45) is 0 Å². The van der Waals surface area contributed by atoms with Crippen LogP contribution in [0.4, 0.5) is 13.2 Å². The van der Waals surface area contributed by atoms with Gasteiger partial charge in [0.1, 0.15) is 0 Å². The average Bonchev–Trinajstić information content (AvgIpc) is 2.86. The third kappa shape index (κ3) is 2.56. The topological polar surface area (TPSA) is 64.0 Å². The highest BCUT2D eigenvalue weighted by atomic mass is 19.4. The number of aromatic nitrogens is 2. The number of rotatable bonds is 2. The molecule has 5 nitrogen and oxygen atoms in total. The number of nitrogens with zero attached hydrogens (tertiary/aromatic N) is 2. The molecule has 3 rings (SSSR count). The fourth-order valence-corrected chi connectivity index (χ4v) is 2.62. The van der Waals surface area contributed by atoms with E-state index in [0.717, 1.165) is 10.6 Å². The number of carbonyl (C=O) groups is 1. The van der Waals surface area contributed by atoms with Crippen LogP contribution < -0.4 is 10.9 Å². The van der Waals surface area contributed by atoms with E-state index >= 15 is 0 Å². The number of alkyl halides is 3. The molecule has 1 aromatic carbocycles. The van der Waals surface area contributed by atoms with E-state index in [-0.39, 0.29) is 24.0 Å². The molecule has 8 heteroatoms. The Balaban J connectivity index is 2.08. The summed E-state index contributed by atoms with van der Waals surface area (Å²) in [6.45, 7) is 0.111. The van der Waals surface area contributed by atoms with Crippen LogP contribution in [0.1, 0.15) is 18.4 Å². The van der Waals surface area contributed by atoms with Crippen molar-refractivity contribution >= 4 is 16.8 Å². The van der Waals surface area contributed by atoms with Crippen molar-refractivity contribution in [3.63, 3.8) is 0 Å². The van der Waals surface area contributed by atoms with Gasteiger partial charge in [-0.2, -0.15) is 13.2 Å². The number of amides is 1. The molecular weight excluding hydrogens is 299 g/mol. The predicted molar refractivity (Wildman–Crippen MR) is 72.2 cm³/mol. The van der Waals surface area contributed by atoms with Crippen molar-refractivity contribution in [2.75, 3.05) is 0 Å². The van der Waals surface area contributed by atoms with Gasteiger partial charge >= 0.3 is 6.18 Å². The zero-order valence-corrected chi connectivity index (χ0v) is 11.4. The summed E-state index contributed by atoms with van der Waals surface area (Å²) >= 11 is 0. The highest BCUT2D eigenvalue weighted by Gasteiger charge is 2.34. The SMILES string of the molecule is O=C1CC[C@H](Cn2cnc3cccc(C(F)(F)F)c3c2=O)N1. The quantitative estimate of drug-likeness (QED) is 0.918.